The Morgan fingerprint density at radius 2 is 1.80 bits per heavy atom. The van der Waals surface area contributed by atoms with Crippen LogP contribution in [-0.2, 0) is 27.1 Å². The molecule has 0 fully saturated rings. The quantitative estimate of drug-likeness (QED) is 0.550. The van der Waals surface area contributed by atoms with Crippen molar-refractivity contribution in [2.45, 2.75) is 19.8 Å². The number of benzene rings is 2. The number of carbonyl (C=O) groups excluding carboxylic acids is 2. The first-order valence-electron chi connectivity index (χ1n) is 9.43. The molecule has 156 valence electrons. The van der Waals surface area contributed by atoms with Gasteiger partial charge >= 0.3 is 11.9 Å². The molecule has 2 aromatic carbocycles. The fourth-order valence-corrected chi connectivity index (χ4v) is 3.30. The van der Waals surface area contributed by atoms with Crippen molar-refractivity contribution in [1.29, 1.82) is 0 Å². The van der Waals surface area contributed by atoms with Gasteiger partial charge in [0.2, 0.25) is 0 Å². The zero-order valence-electron chi connectivity index (χ0n) is 17.0. The Kier molecular flexibility index (Phi) is 6.61. The van der Waals surface area contributed by atoms with Gasteiger partial charge in [0.25, 0.3) is 0 Å². The van der Waals surface area contributed by atoms with E-state index < -0.39 is 11.9 Å². The van der Waals surface area contributed by atoms with Crippen molar-refractivity contribution < 1.29 is 28.2 Å². The van der Waals surface area contributed by atoms with Gasteiger partial charge in [-0.3, -0.25) is 9.78 Å². The minimum atomic E-state index is -0.587. The monoisotopic (exact) mass is 411 g/mol. The van der Waals surface area contributed by atoms with Crippen molar-refractivity contribution in [1.82, 2.24) is 4.98 Å². The summed E-state index contributed by atoms with van der Waals surface area (Å²) in [5, 5.41) is 0.673. The molecule has 0 atom stereocenters. The number of fused-ring (bicyclic) bond motifs is 1. The Balaban J connectivity index is 2.13. The maximum Gasteiger partial charge on any atom is 0.341 e. The van der Waals surface area contributed by atoms with E-state index in [1.165, 1.54) is 26.4 Å². The van der Waals surface area contributed by atoms with Crippen LogP contribution in [0.25, 0.3) is 10.9 Å². The molecular formula is C23H22FNO5. The van der Waals surface area contributed by atoms with Crippen LogP contribution in [0.2, 0.25) is 0 Å². The van der Waals surface area contributed by atoms with E-state index in [9.17, 15) is 14.0 Å². The fourth-order valence-electron chi connectivity index (χ4n) is 3.30. The molecular weight excluding hydrogens is 389 g/mol. The number of esters is 2. The summed E-state index contributed by atoms with van der Waals surface area (Å²) in [5.74, 6) is -1.02. The zero-order valence-corrected chi connectivity index (χ0v) is 17.0. The van der Waals surface area contributed by atoms with Crippen LogP contribution < -0.4 is 4.74 Å². The van der Waals surface area contributed by atoms with Gasteiger partial charge in [0.1, 0.15) is 16.9 Å². The van der Waals surface area contributed by atoms with Crippen LogP contribution >= 0.6 is 0 Å². The van der Waals surface area contributed by atoms with Crippen LogP contribution in [0.15, 0.2) is 42.6 Å². The number of halogens is 1. The summed E-state index contributed by atoms with van der Waals surface area (Å²) in [4.78, 5) is 28.9. The maximum atomic E-state index is 13.2. The van der Waals surface area contributed by atoms with Gasteiger partial charge in [0, 0.05) is 11.6 Å². The topological polar surface area (TPSA) is 74.7 Å². The minimum absolute atomic E-state index is 0.0278. The fraction of sp³-hybridized carbons (Fsp3) is 0.261. The van der Waals surface area contributed by atoms with E-state index in [1.54, 1.807) is 31.3 Å². The summed E-state index contributed by atoms with van der Waals surface area (Å²) in [5.41, 5.74) is 3.00. The van der Waals surface area contributed by atoms with E-state index in [4.69, 9.17) is 14.2 Å². The van der Waals surface area contributed by atoms with Gasteiger partial charge in [0.15, 0.2) is 5.75 Å². The predicted octanol–water partition coefficient (Wildman–Crippen LogP) is 3.87. The van der Waals surface area contributed by atoms with E-state index in [0.717, 1.165) is 11.1 Å². The third-order valence-corrected chi connectivity index (χ3v) is 4.64. The number of hydrogen-bond acceptors (Lipinski definition) is 6. The lowest BCUT2D eigenvalue weighted by atomic mass is 9.97. The molecule has 0 spiro atoms. The first kappa shape index (κ1) is 21.2. The first-order valence-corrected chi connectivity index (χ1v) is 9.43. The molecule has 3 aromatic rings. The van der Waals surface area contributed by atoms with E-state index in [1.807, 2.05) is 6.07 Å². The first-order chi connectivity index (χ1) is 14.5. The Labute approximate surface area is 173 Å². The highest BCUT2D eigenvalue weighted by Crippen LogP contribution is 2.33. The molecule has 0 bridgehead atoms. The summed E-state index contributed by atoms with van der Waals surface area (Å²) in [6.07, 6.45) is 2.17. The van der Waals surface area contributed by atoms with Crippen LogP contribution in [0.4, 0.5) is 4.39 Å². The van der Waals surface area contributed by atoms with Crippen LogP contribution in [0.3, 0.4) is 0 Å². The molecule has 0 amide bonds. The smallest absolute Gasteiger partial charge is 0.341 e. The standard InChI is InChI=1S/C23H22FNO5/c1-4-30-20(26)12-16-11-19(23(27)29-3)22(28-2)21-18(16)10-15(13-25-21)9-14-5-7-17(24)8-6-14/h5-8,10-11,13H,4,9,12H2,1-3H3. The van der Waals surface area contributed by atoms with E-state index in [2.05, 4.69) is 4.98 Å². The van der Waals surface area contributed by atoms with Crippen molar-refractivity contribution in [3.8, 4) is 5.75 Å². The van der Waals surface area contributed by atoms with Gasteiger partial charge in [-0.15, -0.1) is 0 Å². The van der Waals surface area contributed by atoms with Gasteiger partial charge in [-0.25, -0.2) is 9.18 Å². The van der Waals surface area contributed by atoms with Crippen molar-refractivity contribution >= 4 is 22.8 Å². The number of rotatable bonds is 7. The number of methoxy groups -OCH3 is 2. The molecule has 0 aliphatic rings. The number of nitrogens with zero attached hydrogens (tertiary/aromatic N) is 1. The molecule has 1 heterocycles. The highest BCUT2D eigenvalue weighted by molar-refractivity contribution is 6.02. The lowest BCUT2D eigenvalue weighted by molar-refractivity contribution is -0.142. The van der Waals surface area contributed by atoms with E-state index >= 15 is 0 Å². The zero-order chi connectivity index (χ0) is 21.7. The molecule has 0 aliphatic heterocycles. The summed E-state index contributed by atoms with van der Waals surface area (Å²) in [7, 11) is 2.72. The Bertz CT molecular complexity index is 1080. The van der Waals surface area contributed by atoms with Crippen molar-refractivity contribution in [3.63, 3.8) is 0 Å². The number of ether oxygens (including phenoxy) is 3. The molecule has 6 nitrogen and oxygen atoms in total. The normalized spacial score (nSPS) is 10.7. The molecule has 7 heteroatoms. The molecule has 0 N–H and O–H groups in total. The number of carbonyl (C=O) groups is 2. The second kappa shape index (κ2) is 9.35. The molecule has 30 heavy (non-hydrogen) atoms. The SMILES string of the molecule is CCOC(=O)Cc1cc(C(=O)OC)c(OC)c2ncc(Cc3ccc(F)cc3)cc12. The molecule has 0 saturated heterocycles. The molecule has 0 radical (unpaired) electrons. The average molecular weight is 411 g/mol. The van der Waals surface area contributed by atoms with E-state index in [-0.39, 0.29) is 30.2 Å². The summed E-state index contributed by atoms with van der Waals surface area (Å²) in [6.45, 7) is 1.98. The van der Waals surface area contributed by atoms with Crippen molar-refractivity contribution in [2.75, 3.05) is 20.8 Å². The third kappa shape index (κ3) is 4.56. The molecule has 0 saturated carbocycles. The maximum absolute atomic E-state index is 13.2. The second-order valence-electron chi connectivity index (χ2n) is 6.63. The average Bonchev–Trinajstić information content (AvgIpc) is 2.74. The number of aromatic nitrogens is 1. The summed E-state index contributed by atoms with van der Waals surface area (Å²) < 4.78 is 28.5. The van der Waals surface area contributed by atoms with Crippen LogP contribution in [0, 0.1) is 5.82 Å². The largest absolute Gasteiger partial charge is 0.494 e. The lowest BCUT2D eigenvalue weighted by Gasteiger charge is -2.15. The van der Waals surface area contributed by atoms with Gasteiger partial charge in [-0.1, -0.05) is 12.1 Å². The summed E-state index contributed by atoms with van der Waals surface area (Å²) >= 11 is 0. The van der Waals surface area contributed by atoms with Crippen LogP contribution in [-0.4, -0.2) is 37.7 Å². The Morgan fingerprint density at radius 1 is 1.07 bits per heavy atom. The van der Waals surface area contributed by atoms with Gasteiger partial charge in [0.05, 0.1) is 27.2 Å². The number of hydrogen-bond donors (Lipinski definition) is 0. The Morgan fingerprint density at radius 3 is 2.43 bits per heavy atom. The highest BCUT2D eigenvalue weighted by Gasteiger charge is 2.21. The van der Waals surface area contributed by atoms with E-state index in [0.29, 0.717) is 22.9 Å². The molecule has 3 rings (SSSR count). The second-order valence-corrected chi connectivity index (χ2v) is 6.63. The van der Waals surface area contributed by atoms with Crippen LogP contribution in [0.5, 0.6) is 5.75 Å². The highest BCUT2D eigenvalue weighted by atomic mass is 19.1. The summed E-state index contributed by atoms with van der Waals surface area (Å²) in [6, 6.07) is 9.69. The Hall–Kier alpha value is -3.48. The van der Waals surface area contributed by atoms with Crippen LogP contribution in [0.1, 0.15) is 34.0 Å². The number of pyridine rings is 1. The predicted molar refractivity (Wildman–Crippen MR) is 109 cm³/mol. The van der Waals surface area contributed by atoms with Crippen molar-refractivity contribution in [3.05, 3.63) is 70.7 Å². The lowest BCUT2D eigenvalue weighted by Crippen LogP contribution is -2.11. The van der Waals surface area contributed by atoms with Gasteiger partial charge in [-0.2, -0.15) is 0 Å². The molecule has 1 aromatic heterocycles. The molecule has 0 unspecified atom stereocenters. The molecule has 0 aliphatic carbocycles. The minimum Gasteiger partial charge on any atom is -0.494 e. The third-order valence-electron chi connectivity index (χ3n) is 4.64. The van der Waals surface area contributed by atoms with Gasteiger partial charge < -0.3 is 14.2 Å². The van der Waals surface area contributed by atoms with Crippen molar-refractivity contribution in [2.24, 2.45) is 0 Å². The van der Waals surface area contributed by atoms with Gasteiger partial charge in [-0.05, 0) is 54.3 Å².